The number of fused-ring (bicyclic) bond motifs is 1. The highest BCUT2D eigenvalue weighted by molar-refractivity contribution is 5.59. The van der Waals surface area contributed by atoms with Gasteiger partial charge in [-0.1, -0.05) is 33.3 Å². The average Bonchev–Trinajstić information content (AvgIpc) is 2.45. The molecular formula is C16H22N4O3. The molecule has 0 aromatic carbocycles. The van der Waals surface area contributed by atoms with Crippen LogP contribution in [0.2, 0.25) is 0 Å². The molecule has 0 bridgehead atoms. The molecule has 23 heavy (non-hydrogen) atoms. The number of unbranched alkanes of at least 4 members (excludes halogenated alkanes) is 1. The highest BCUT2D eigenvalue weighted by atomic mass is 16.6. The van der Waals surface area contributed by atoms with Gasteiger partial charge in [0.15, 0.2) is 0 Å². The molecule has 0 fully saturated rings. The van der Waals surface area contributed by atoms with Gasteiger partial charge in [0.2, 0.25) is 5.82 Å². The van der Waals surface area contributed by atoms with Crippen molar-refractivity contribution in [3.8, 4) is 0 Å². The number of anilines is 1. The van der Waals surface area contributed by atoms with Crippen LogP contribution >= 0.6 is 0 Å². The first-order valence-electron chi connectivity index (χ1n) is 7.69. The third-order valence-electron chi connectivity index (χ3n) is 3.54. The van der Waals surface area contributed by atoms with Gasteiger partial charge < -0.3 is 5.32 Å². The Morgan fingerprint density at radius 1 is 1.30 bits per heavy atom. The maximum Gasteiger partial charge on any atom is 0.376 e. The van der Waals surface area contributed by atoms with Crippen LogP contribution in [0, 0.1) is 15.5 Å². The van der Waals surface area contributed by atoms with E-state index in [0.29, 0.717) is 12.2 Å². The van der Waals surface area contributed by atoms with E-state index in [0.717, 1.165) is 19.3 Å². The van der Waals surface area contributed by atoms with Crippen molar-refractivity contribution in [2.75, 3.05) is 11.9 Å². The molecule has 0 saturated heterocycles. The van der Waals surface area contributed by atoms with Gasteiger partial charge in [0.05, 0.1) is 4.92 Å². The predicted octanol–water partition coefficient (Wildman–Crippen LogP) is 3.23. The predicted molar refractivity (Wildman–Crippen MR) is 89.9 cm³/mol. The Morgan fingerprint density at radius 2 is 2.04 bits per heavy atom. The van der Waals surface area contributed by atoms with Gasteiger partial charge in [-0.3, -0.25) is 19.3 Å². The van der Waals surface area contributed by atoms with Gasteiger partial charge in [-0.05, 0) is 30.4 Å². The number of nitrogens with one attached hydrogen (secondary N) is 1. The second-order valence-electron chi connectivity index (χ2n) is 6.74. The van der Waals surface area contributed by atoms with Gasteiger partial charge in [-0.25, -0.2) is 4.98 Å². The molecule has 0 unspecified atom stereocenters. The first-order valence-corrected chi connectivity index (χ1v) is 7.69. The van der Waals surface area contributed by atoms with Crippen molar-refractivity contribution in [2.24, 2.45) is 5.41 Å². The maximum absolute atomic E-state index is 12.3. The van der Waals surface area contributed by atoms with Crippen molar-refractivity contribution in [3.05, 3.63) is 44.9 Å². The largest absolute Gasteiger partial charge is 0.376 e. The van der Waals surface area contributed by atoms with E-state index in [1.165, 1.54) is 10.6 Å². The zero-order chi connectivity index (χ0) is 17.0. The number of hydrogen-bond acceptors (Lipinski definition) is 5. The monoisotopic (exact) mass is 318 g/mol. The number of nitro groups is 1. The van der Waals surface area contributed by atoms with Crippen LogP contribution in [0.5, 0.6) is 0 Å². The lowest BCUT2D eigenvalue weighted by Gasteiger charge is -2.17. The van der Waals surface area contributed by atoms with Crippen molar-refractivity contribution in [1.29, 1.82) is 0 Å². The van der Waals surface area contributed by atoms with Gasteiger partial charge in [0.1, 0.15) is 5.65 Å². The Hall–Kier alpha value is -2.44. The molecule has 2 heterocycles. The molecule has 1 N–H and O–H groups in total. The Balaban J connectivity index is 2.18. The molecule has 0 aliphatic heterocycles. The Morgan fingerprint density at radius 3 is 2.70 bits per heavy atom. The highest BCUT2D eigenvalue weighted by Gasteiger charge is 2.23. The SMILES string of the molecule is CC(C)(C)CCCCNc1nc2ccccn2c(=O)c1[N+](=O)[O-]. The number of nitrogens with zero attached hydrogens (tertiary/aromatic N) is 3. The van der Waals surface area contributed by atoms with Crippen LogP contribution in [0.4, 0.5) is 11.5 Å². The van der Waals surface area contributed by atoms with E-state index in [1.54, 1.807) is 18.2 Å². The van der Waals surface area contributed by atoms with Gasteiger partial charge in [-0.2, -0.15) is 0 Å². The molecule has 0 saturated carbocycles. The summed E-state index contributed by atoms with van der Waals surface area (Å²) in [6.07, 6.45) is 4.43. The van der Waals surface area contributed by atoms with Crippen molar-refractivity contribution in [3.63, 3.8) is 0 Å². The number of hydrogen-bond donors (Lipinski definition) is 1. The van der Waals surface area contributed by atoms with Crippen molar-refractivity contribution >= 4 is 17.2 Å². The van der Waals surface area contributed by atoms with E-state index in [4.69, 9.17) is 0 Å². The molecule has 7 nitrogen and oxygen atoms in total. The topological polar surface area (TPSA) is 89.5 Å². The van der Waals surface area contributed by atoms with Crippen molar-refractivity contribution in [2.45, 2.75) is 40.0 Å². The fourth-order valence-electron chi connectivity index (χ4n) is 2.35. The van der Waals surface area contributed by atoms with Crippen molar-refractivity contribution in [1.82, 2.24) is 9.38 Å². The minimum absolute atomic E-state index is 0.0435. The summed E-state index contributed by atoms with van der Waals surface area (Å²) < 4.78 is 1.18. The summed E-state index contributed by atoms with van der Waals surface area (Å²) in [5.74, 6) is 0.0435. The normalized spacial score (nSPS) is 11.6. The average molecular weight is 318 g/mol. The molecule has 0 aliphatic carbocycles. The van der Waals surface area contributed by atoms with E-state index in [2.05, 4.69) is 31.1 Å². The van der Waals surface area contributed by atoms with E-state index < -0.39 is 16.2 Å². The smallest absolute Gasteiger partial charge is 0.364 e. The third kappa shape index (κ3) is 4.28. The third-order valence-corrected chi connectivity index (χ3v) is 3.54. The van der Waals surface area contributed by atoms with Crippen LogP contribution in [0.15, 0.2) is 29.2 Å². The lowest BCUT2D eigenvalue weighted by atomic mass is 9.90. The molecule has 0 spiro atoms. The minimum atomic E-state index is -0.674. The first kappa shape index (κ1) is 16.9. The zero-order valence-electron chi connectivity index (χ0n) is 13.7. The number of pyridine rings is 1. The quantitative estimate of drug-likeness (QED) is 0.502. The molecule has 0 atom stereocenters. The Labute approximate surface area is 134 Å². The summed E-state index contributed by atoms with van der Waals surface area (Å²) in [6.45, 7) is 7.08. The summed E-state index contributed by atoms with van der Waals surface area (Å²) in [4.78, 5) is 27.0. The van der Waals surface area contributed by atoms with Crippen LogP contribution in [0.3, 0.4) is 0 Å². The summed E-state index contributed by atoms with van der Waals surface area (Å²) in [7, 11) is 0. The molecule has 2 aromatic rings. The summed E-state index contributed by atoms with van der Waals surface area (Å²) >= 11 is 0. The molecule has 2 aromatic heterocycles. The van der Waals surface area contributed by atoms with Gasteiger partial charge in [0.25, 0.3) is 0 Å². The fourth-order valence-corrected chi connectivity index (χ4v) is 2.35. The van der Waals surface area contributed by atoms with E-state index in [1.807, 2.05) is 0 Å². The molecule has 2 rings (SSSR count). The second-order valence-corrected chi connectivity index (χ2v) is 6.74. The molecule has 0 radical (unpaired) electrons. The Bertz CT molecular complexity index is 762. The summed E-state index contributed by atoms with van der Waals surface area (Å²) in [5.41, 5.74) is -0.519. The summed E-state index contributed by atoms with van der Waals surface area (Å²) in [5, 5.41) is 14.2. The first-order chi connectivity index (χ1) is 10.8. The lowest BCUT2D eigenvalue weighted by molar-refractivity contribution is -0.385. The molecule has 0 aliphatic rings. The maximum atomic E-state index is 12.3. The molecular weight excluding hydrogens is 296 g/mol. The van der Waals surface area contributed by atoms with E-state index >= 15 is 0 Å². The fraction of sp³-hybridized carbons (Fsp3) is 0.500. The molecule has 7 heteroatoms. The van der Waals surface area contributed by atoms with Crippen molar-refractivity contribution < 1.29 is 4.92 Å². The van der Waals surface area contributed by atoms with E-state index in [-0.39, 0.29) is 11.2 Å². The lowest BCUT2D eigenvalue weighted by Crippen LogP contribution is -2.21. The minimum Gasteiger partial charge on any atom is -0.364 e. The van der Waals surface area contributed by atoms with Crippen LogP contribution in [0.1, 0.15) is 40.0 Å². The van der Waals surface area contributed by atoms with Crippen LogP contribution in [-0.4, -0.2) is 20.9 Å². The van der Waals surface area contributed by atoms with Gasteiger partial charge >= 0.3 is 11.2 Å². The Kier molecular flexibility index (Phi) is 4.98. The second kappa shape index (κ2) is 6.76. The standard InChI is InChI=1S/C16H22N4O3/c1-16(2,3)9-5-6-10-17-14-13(20(22)23)15(21)19-11-7-4-8-12(19)18-14/h4,7-8,11,17H,5-6,9-10H2,1-3H3. The van der Waals surface area contributed by atoms with Crippen LogP contribution in [-0.2, 0) is 0 Å². The molecule has 124 valence electrons. The summed E-state index contributed by atoms with van der Waals surface area (Å²) in [6, 6.07) is 5.02. The van der Waals surface area contributed by atoms with Crippen LogP contribution < -0.4 is 10.9 Å². The van der Waals surface area contributed by atoms with Crippen LogP contribution in [0.25, 0.3) is 5.65 Å². The van der Waals surface area contributed by atoms with Gasteiger partial charge in [-0.15, -0.1) is 0 Å². The number of aromatic nitrogens is 2. The highest BCUT2D eigenvalue weighted by Crippen LogP contribution is 2.22. The molecule has 0 amide bonds. The van der Waals surface area contributed by atoms with Gasteiger partial charge in [0, 0.05) is 12.7 Å². The van der Waals surface area contributed by atoms with E-state index in [9.17, 15) is 14.9 Å². The zero-order valence-corrected chi connectivity index (χ0v) is 13.7. The number of rotatable bonds is 6.